The number of thioether (sulfide) groups is 1. The lowest BCUT2D eigenvalue weighted by Gasteiger charge is -2.23. The molecule has 0 unspecified atom stereocenters. The van der Waals surface area contributed by atoms with Gasteiger partial charge in [0.1, 0.15) is 10.8 Å². The van der Waals surface area contributed by atoms with Crippen LogP contribution < -0.4 is 4.90 Å². The van der Waals surface area contributed by atoms with Crippen molar-refractivity contribution in [2.24, 2.45) is 0 Å². The second-order valence-electron chi connectivity index (χ2n) is 7.57. The van der Waals surface area contributed by atoms with Crippen LogP contribution >= 0.6 is 11.8 Å². The van der Waals surface area contributed by atoms with Gasteiger partial charge in [0.25, 0.3) is 0 Å². The molecule has 0 saturated heterocycles. The minimum absolute atomic E-state index is 0.105. The molecule has 34 heavy (non-hydrogen) atoms. The van der Waals surface area contributed by atoms with E-state index in [1.54, 1.807) is 11.0 Å². The summed E-state index contributed by atoms with van der Waals surface area (Å²) >= 11 is 1.28. The number of hydrogen-bond donors (Lipinski definition) is 0. The Kier molecular flexibility index (Phi) is 6.31. The van der Waals surface area contributed by atoms with Gasteiger partial charge in [0.2, 0.25) is 5.91 Å². The number of carbonyl (C=O) groups excluding carboxylic acids is 1. The van der Waals surface area contributed by atoms with Crippen LogP contribution in [0.5, 0.6) is 0 Å². The number of halogens is 1. The highest BCUT2D eigenvalue weighted by molar-refractivity contribution is 8.00. The number of benzene rings is 4. The Balaban J connectivity index is 1.50. The largest absolute Gasteiger partial charge is 0.280 e. The zero-order valence-electron chi connectivity index (χ0n) is 18.1. The first-order valence-electron chi connectivity index (χ1n) is 10.8. The fourth-order valence-electron chi connectivity index (χ4n) is 3.68. The zero-order chi connectivity index (χ0) is 23.3. The molecule has 4 nitrogen and oxygen atoms in total. The summed E-state index contributed by atoms with van der Waals surface area (Å²) in [7, 11) is 0. The third-order valence-electron chi connectivity index (χ3n) is 5.27. The number of para-hydroxylation sites is 2. The lowest BCUT2D eigenvalue weighted by molar-refractivity contribution is -0.115. The van der Waals surface area contributed by atoms with Gasteiger partial charge in [-0.3, -0.25) is 9.69 Å². The highest BCUT2D eigenvalue weighted by Crippen LogP contribution is 2.31. The van der Waals surface area contributed by atoms with E-state index in [0.29, 0.717) is 21.8 Å². The normalized spacial score (nSPS) is 10.9. The zero-order valence-corrected chi connectivity index (χ0v) is 19.0. The lowest BCUT2D eigenvalue weighted by Crippen LogP contribution is -2.27. The average Bonchev–Trinajstić information content (AvgIpc) is 2.89. The summed E-state index contributed by atoms with van der Waals surface area (Å²) in [6, 6.07) is 33.1. The summed E-state index contributed by atoms with van der Waals surface area (Å²) in [6.07, 6.45) is 0. The van der Waals surface area contributed by atoms with E-state index >= 15 is 0 Å². The minimum Gasteiger partial charge on any atom is -0.280 e. The smallest absolute Gasteiger partial charge is 0.241 e. The SMILES string of the molecule is O=C(CSc1nc(-c2ccccc2)nc2ccc(F)cc12)N(c1ccccc1)c1ccccc1. The molecule has 1 aromatic heterocycles. The van der Waals surface area contributed by atoms with Crippen molar-refractivity contribution in [2.45, 2.75) is 5.03 Å². The van der Waals surface area contributed by atoms with Crippen LogP contribution in [0.25, 0.3) is 22.3 Å². The molecule has 0 N–H and O–H groups in total. The van der Waals surface area contributed by atoms with Crippen molar-refractivity contribution in [2.75, 3.05) is 10.7 Å². The molecular formula is C28H20FN3OS. The molecular weight excluding hydrogens is 445 g/mol. The van der Waals surface area contributed by atoms with Gasteiger partial charge in [-0.05, 0) is 42.5 Å². The van der Waals surface area contributed by atoms with Crippen LogP contribution in [0.2, 0.25) is 0 Å². The average molecular weight is 466 g/mol. The minimum atomic E-state index is -0.369. The summed E-state index contributed by atoms with van der Waals surface area (Å²) in [5.74, 6) is 0.192. The van der Waals surface area contributed by atoms with Crippen molar-refractivity contribution >= 4 is 39.9 Å². The van der Waals surface area contributed by atoms with Gasteiger partial charge in [-0.1, -0.05) is 78.5 Å². The summed E-state index contributed by atoms with van der Waals surface area (Å²) in [6.45, 7) is 0. The first-order valence-corrected chi connectivity index (χ1v) is 11.8. The second-order valence-corrected chi connectivity index (χ2v) is 8.53. The third-order valence-corrected chi connectivity index (χ3v) is 6.24. The van der Waals surface area contributed by atoms with Crippen LogP contribution in [0.4, 0.5) is 15.8 Å². The molecule has 0 bridgehead atoms. The van der Waals surface area contributed by atoms with Crippen LogP contribution in [-0.4, -0.2) is 21.6 Å². The highest BCUT2D eigenvalue weighted by atomic mass is 32.2. The molecule has 6 heteroatoms. The Morgan fingerprint density at radius 2 is 1.35 bits per heavy atom. The van der Waals surface area contributed by atoms with Crippen molar-refractivity contribution in [3.8, 4) is 11.4 Å². The highest BCUT2D eigenvalue weighted by Gasteiger charge is 2.19. The number of anilines is 2. The number of hydrogen-bond acceptors (Lipinski definition) is 4. The van der Waals surface area contributed by atoms with E-state index in [1.807, 2.05) is 91.0 Å². The van der Waals surface area contributed by atoms with Gasteiger partial charge in [-0.25, -0.2) is 14.4 Å². The molecule has 0 atom stereocenters. The molecule has 166 valence electrons. The number of amides is 1. The van der Waals surface area contributed by atoms with E-state index in [0.717, 1.165) is 16.9 Å². The topological polar surface area (TPSA) is 46.1 Å². The maximum Gasteiger partial charge on any atom is 0.241 e. The Hall–Kier alpha value is -4.03. The van der Waals surface area contributed by atoms with Crippen molar-refractivity contribution in [1.82, 2.24) is 9.97 Å². The number of fused-ring (bicyclic) bond motifs is 1. The summed E-state index contributed by atoms with van der Waals surface area (Å²) in [5, 5.41) is 1.15. The van der Waals surface area contributed by atoms with Gasteiger partial charge < -0.3 is 0 Å². The van der Waals surface area contributed by atoms with E-state index in [9.17, 15) is 9.18 Å². The van der Waals surface area contributed by atoms with Crippen LogP contribution in [-0.2, 0) is 4.79 Å². The molecule has 1 heterocycles. The number of aromatic nitrogens is 2. The maximum atomic E-state index is 14.1. The van der Waals surface area contributed by atoms with Crippen LogP contribution in [0.15, 0.2) is 114 Å². The molecule has 0 aliphatic heterocycles. The molecule has 0 radical (unpaired) electrons. The first-order chi connectivity index (χ1) is 16.7. The van der Waals surface area contributed by atoms with Gasteiger partial charge in [0, 0.05) is 22.3 Å². The summed E-state index contributed by atoms with van der Waals surface area (Å²) in [4.78, 5) is 24.5. The molecule has 0 aliphatic carbocycles. The van der Waals surface area contributed by atoms with Crippen molar-refractivity contribution in [3.05, 3.63) is 115 Å². The Morgan fingerprint density at radius 3 is 1.97 bits per heavy atom. The predicted octanol–water partition coefficient (Wildman–Crippen LogP) is 6.89. The number of rotatable bonds is 6. The van der Waals surface area contributed by atoms with Crippen LogP contribution in [0, 0.1) is 5.82 Å². The quantitative estimate of drug-likeness (QED) is 0.202. The molecule has 0 fully saturated rings. The Morgan fingerprint density at radius 1 is 0.765 bits per heavy atom. The number of carbonyl (C=O) groups is 1. The van der Waals surface area contributed by atoms with Gasteiger partial charge >= 0.3 is 0 Å². The van der Waals surface area contributed by atoms with Crippen LogP contribution in [0.3, 0.4) is 0 Å². The fourth-order valence-corrected chi connectivity index (χ4v) is 4.54. The fraction of sp³-hybridized carbons (Fsp3) is 0.0357. The molecule has 5 aromatic rings. The van der Waals surface area contributed by atoms with E-state index < -0.39 is 0 Å². The third kappa shape index (κ3) is 4.67. The lowest BCUT2D eigenvalue weighted by atomic mass is 10.2. The molecule has 5 rings (SSSR count). The summed E-state index contributed by atoms with van der Waals surface area (Å²) < 4.78 is 14.1. The monoisotopic (exact) mass is 465 g/mol. The summed E-state index contributed by atoms with van der Waals surface area (Å²) in [5.41, 5.74) is 3.05. The predicted molar refractivity (Wildman–Crippen MR) is 136 cm³/mol. The second kappa shape index (κ2) is 9.85. The molecule has 0 spiro atoms. The maximum absolute atomic E-state index is 14.1. The standard InChI is InChI=1S/C28H20FN3OS/c29-21-16-17-25-24(18-21)28(31-27(30-25)20-10-4-1-5-11-20)34-19-26(33)32(22-12-6-2-7-13-22)23-14-8-3-9-15-23/h1-18H,19H2. The molecule has 4 aromatic carbocycles. The van der Waals surface area contributed by atoms with Gasteiger partial charge in [0.05, 0.1) is 11.3 Å². The van der Waals surface area contributed by atoms with E-state index in [1.165, 1.54) is 23.9 Å². The van der Waals surface area contributed by atoms with Gasteiger partial charge in [-0.2, -0.15) is 0 Å². The molecule has 0 saturated carbocycles. The first kappa shape index (κ1) is 21.8. The molecule has 1 amide bonds. The Labute approximate surface area is 201 Å². The van der Waals surface area contributed by atoms with Crippen molar-refractivity contribution in [1.29, 1.82) is 0 Å². The molecule has 0 aliphatic rings. The van der Waals surface area contributed by atoms with Gasteiger partial charge in [-0.15, -0.1) is 0 Å². The van der Waals surface area contributed by atoms with Gasteiger partial charge in [0.15, 0.2) is 5.82 Å². The van der Waals surface area contributed by atoms with Crippen molar-refractivity contribution in [3.63, 3.8) is 0 Å². The van der Waals surface area contributed by atoms with Crippen molar-refractivity contribution < 1.29 is 9.18 Å². The van der Waals surface area contributed by atoms with Crippen LogP contribution in [0.1, 0.15) is 0 Å². The Bertz CT molecular complexity index is 1390. The van der Waals surface area contributed by atoms with E-state index in [2.05, 4.69) is 4.98 Å². The van der Waals surface area contributed by atoms with E-state index in [-0.39, 0.29) is 17.5 Å². The number of nitrogens with zero attached hydrogens (tertiary/aromatic N) is 3. The van der Waals surface area contributed by atoms with E-state index in [4.69, 9.17) is 4.98 Å².